The summed E-state index contributed by atoms with van der Waals surface area (Å²) < 4.78 is 35.6. The zero-order valence-electron chi connectivity index (χ0n) is 15.4. The van der Waals surface area contributed by atoms with E-state index >= 15 is 0 Å². The fraction of sp³-hybridized carbons (Fsp3) is 0.0870. The molecule has 0 saturated heterocycles. The second-order valence-corrected chi connectivity index (χ2v) is 8.23. The van der Waals surface area contributed by atoms with E-state index in [0.717, 1.165) is 22.3 Å². The number of benzene rings is 3. The van der Waals surface area contributed by atoms with Crippen LogP contribution in [0.4, 0.5) is 0 Å². The predicted molar refractivity (Wildman–Crippen MR) is 111 cm³/mol. The Morgan fingerprint density at radius 3 is 2.29 bits per heavy atom. The third-order valence-corrected chi connectivity index (χ3v) is 5.82. The Morgan fingerprint density at radius 1 is 0.857 bits per heavy atom. The summed E-state index contributed by atoms with van der Waals surface area (Å²) in [6, 6.07) is 24.0. The molecule has 0 radical (unpaired) electrons. The number of sulfonamides is 1. The van der Waals surface area contributed by atoms with Gasteiger partial charge in [0.15, 0.2) is 0 Å². The van der Waals surface area contributed by atoms with Gasteiger partial charge in [-0.15, -0.1) is 4.40 Å². The van der Waals surface area contributed by atoms with Gasteiger partial charge in [0.2, 0.25) is 5.90 Å². The lowest BCUT2D eigenvalue weighted by Gasteiger charge is -2.10. The Kier molecular flexibility index (Phi) is 4.84. The van der Waals surface area contributed by atoms with Crippen LogP contribution in [0.25, 0.3) is 11.8 Å². The lowest BCUT2D eigenvalue weighted by Crippen LogP contribution is -2.11. The van der Waals surface area contributed by atoms with Crippen LogP contribution in [0.2, 0.25) is 0 Å². The molecule has 0 N–H and O–H groups in total. The number of aryl methyl sites for hydroxylation is 1. The van der Waals surface area contributed by atoms with Crippen LogP contribution in [0.1, 0.15) is 22.3 Å². The van der Waals surface area contributed by atoms with Gasteiger partial charge in [-0.05, 0) is 36.3 Å². The average molecular weight is 389 g/mol. The molecule has 0 fully saturated rings. The van der Waals surface area contributed by atoms with Crippen LogP contribution in [0.15, 0.2) is 88.2 Å². The molecule has 0 amide bonds. The number of nitrogens with zero attached hydrogens (tertiary/aromatic N) is 1. The van der Waals surface area contributed by atoms with Crippen molar-refractivity contribution < 1.29 is 13.2 Å². The molecule has 0 atom stereocenters. The summed E-state index contributed by atoms with van der Waals surface area (Å²) in [5, 5.41) is 0. The van der Waals surface area contributed by atoms with Crippen molar-refractivity contribution in [3.05, 3.63) is 101 Å². The SMILES string of the molecule is Cc1ccc(S(=O)(=O)/N=C2/Cc3ccccc3C=C(c3ccccc3)O2)cc1. The second-order valence-electron chi connectivity index (χ2n) is 6.63. The van der Waals surface area contributed by atoms with Crippen LogP contribution >= 0.6 is 0 Å². The molecule has 4 nitrogen and oxygen atoms in total. The monoisotopic (exact) mass is 389 g/mol. The highest BCUT2D eigenvalue weighted by Crippen LogP contribution is 2.27. The van der Waals surface area contributed by atoms with E-state index in [1.165, 1.54) is 0 Å². The van der Waals surface area contributed by atoms with E-state index in [2.05, 4.69) is 4.40 Å². The predicted octanol–water partition coefficient (Wildman–Crippen LogP) is 4.85. The van der Waals surface area contributed by atoms with Gasteiger partial charge in [0.1, 0.15) is 5.76 Å². The summed E-state index contributed by atoms with van der Waals surface area (Å²) >= 11 is 0. The van der Waals surface area contributed by atoms with Gasteiger partial charge in [0.25, 0.3) is 10.0 Å². The topological polar surface area (TPSA) is 55.7 Å². The molecule has 0 unspecified atom stereocenters. The molecule has 1 aliphatic heterocycles. The molecule has 0 bridgehead atoms. The number of ether oxygens (including phenoxy) is 1. The summed E-state index contributed by atoms with van der Waals surface area (Å²) in [6.45, 7) is 1.91. The Balaban J connectivity index is 1.79. The second kappa shape index (κ2) is 7.44. The lowest BCUT2D eigenvalue weighted by molar-refractivity contribution is 0.500. The van der Waals surface area contributed by atoms with Crippen LogP contribution in [0.5, 0.6) is 0 Å². The van der Waals surface area contributed by atoms with Crippen LogP contribution in [-0.2, 0) is 21.2 Å². The quantitative estimate of drug-likeness (QED) is 0.643. The number of rotatable bonds is 3. The number of fused-ring (bicyclic) bond motifs is 1. The van der Waals surface area contributed by atoms with Crippen molar-refractivity contribution in [2.75, 3.05) is 0 Å². The van der Waals surface area contributed by atoms with E-state index in [1.807, 2.05) is 67.6 Å². The minimum atomic E-state index is -3.87. The van der Waals surface area contributed by atoms with Crippen LogP contribution in [-0.4, -0.2) is 14.3 Å². The lowest BCUT2D eigenvalue weighted by atomic mass is 10.0. The van der Waals surface area contributed by atoms with Crippen molar-refractivity contribution in [2.45, 2.75) is 18.2 Å². The van der Waals surface area contributed by atoms with Gasteiger partial charge in [0.05, 0.1) is 11.3 Å². The maximum atomic E-state index is 12.8. The molecule has 0 aromatic heterocycles. The molecular formula is C23H19NO3S. The molecule has 5 heteroatoms. The molecular weight excluding hydrogens is 370 g/mol. The van der Waals surface area contributed by atoms with Crippen molar-refractivity contribution in [2.24, 2.45) is 4.40 Å². The largest absolute Gasteiger partial charge is 0.441 e. The van der Waals surface area contributed by atoms with Gasteiger partial charge in [-0.1, -0.05) is 72.3 Å². The van der Waals surface area contributed by atoms with Gasteiger partial charge in [-0.2, -0.15) is 8.42 Å². The first-order valence-electron chi connectivity index (χ1n) is 8.95. The molecule has 28 heavy (non-hydrogen) atoms. The van der Waals surface area contributed by atoms with Gasteiger partial charge < -0.3 is 4.74 Å². The van der Waals surface area contributed by atoms with E-state index < -0.39 is 10.0 Å². The molecule has 0 aliphatic carbocycles. The zero-order chi connectivity index (χ0) is 19.6. The summed E-state index contributed by atoms with van der Waals surface area (Å²) in [6.07, 6.45) is 2.22. The van der Waals surface area contributed by atoms with Crippen molar-refractivity contribution in [1.29, 1.82) is 0 Å². The Morgan fingerprint density at radius 2 is 1.54 bits per heavy atom. The summed E-state index contributed by atoms with van der Waals surface area (Å²) in [5.41, 5.74) is 3.80. The van der Waals surface area contributed by atoms with Crippen LogP contribution in [0, 0.1) is 6.92 Å². The van der Waals surface area contributed by atoms with E-state index in [0.29, 0.717) is 12.2 Å². The molecule has 3 aromatic carbocycles. The van der Waals surface area contributed by atoms with E-state index in [1.54, 1.807) is 24.3 Å². The highest BCUT2D eigenvalue weighted by molar-refractivity contribution is 7.90. The third-order valence-electron chi connectivity index (χ3n) is 4.51. The van der Waals surface area contributed by atoms with E-state index in [-0.39, 0.29) is 10.8 Å². The molecule has 140 valence electrons. The van der Waals surface area contributed by atoms with E-state index in [4.69, 9.17) is 4.74 Å². The van der Waals surface area contributed by atoms with Crippen molar-refractivity contribution in [3.63, 3.8) is 0 Å². The fourth-order valence-electron chi connectivity index (χ4n) is 3.03. The van der Waals surface area contributed by atoms with Crippen molar-refractivity contribution >= 4 is 27.8 Å². The number of hydrogen-bond acceptors (Lipinski definition) is 3. The third kappa shape index (κ3) is 3.89. The highest BCUT2D eigenvalue weighted by Gasteiger charge is 2.20. The fourth-order valence-corrected chi connectivity index (χ4v) is 3.98. The standard InChI is InChI=1S/C23H19NO3S/c1-17-11-13-21(14-12-17)28(25,26)24-23-16-20-10-6-5-9-19(20)15-22(27-23)18-7-3-2-4-8-18/h2-15H,16H2,1H3/b24-23-. The molecule has 4 rings (SSSR count). The normalized spacial score (nSPS) is 15.3. The van der Waals surface area contributed by atoms with Gasteiger partial charge in [-0.25, -0.2) is 0 Å². The van der Waals surface area contributed by atoms with Crippen LogP contribution < -0.4 is 0 Å². The maximum Gasteiger partial charge on any atom is 0.285 e. The number of hydrogen-bond donors (Lipinski definition) is 0. The van der Waals surface area contributed by atoms with Crippen molar-refractivity contribution in [3.8, 4) is 0 Å². The Labute approximate surface area is 164 Å². The first-order valence-corrected chi connectivity index (χ1v) is 10.4. The smallest absolute Gasteiger partial charge is 0.285 e. The minimum Gasteiger partial charge on any atom is -0.441 e. The Bertz CT molecular complexity index is 1160. The molecule has 1 aliphatic rings. The summed E-state index contributed by atoms with van der Waals surface area (Å²) in [5.74, 6) is 0.726. The Hall–Kier alpha value is -3.18. The van der Waals surface area contributed by atoms with Gasteiger partial charge in [-0.3, -0.25) is 0 Å². The summed E-state index contributed by atoms with van der Waals surface area (Å²) in [7, 11) is -3.87. The first-order chi connectivity index (χ1) is 13.5. The van der Waals surface area contributed by atoms with Crippen molar-refractivity contribution in [1.82, 2.24) is 0 Å². The molecule has 0 saturated carbocycles. The average Bonchev–Trinajstić information content (AvgIpc) is 2.87. The first kappa shape index (κ1) is 18.2. The molecule has 1 heterocycles. The highest BCUT2D eigenvalue weighted by atomic mass is 32.2. The molecule has 3 aromatic rings. The van der Waals surface area contributed by atoms with Gasteiger partial charge >= 0.3 is 0 Å². The van der Waals surface area contributed by atoms with E-state index in [9.17, 15) is 8.42 Å². The minimum absolute atomic E-state index is 0.150. The van der Waals surface area contributed by atoms with Crippen LogP contribution in [0.3, 0.4) is 0 Å². The molecule has 0 spiro atoms. The zero-order valence-corrected chi connectivity index (χ0v) is 16.2. The van der Waals surface area contributed by atoms with Gasteiger partial charge in [0, 0.05) is 5.56 Å². The maximum absolute atomic E-state index is 12.8. The summed E-state index contributed by atoms with van der Waals surface area (Å²) in [4.78, 5) is 0.150.